The molecule has 1 saturated heterocycles. The molecule has 7 heteroatoms. The van der Waals surface area contributed by atoms with Crippen molar-refractivity contribution >= 4 is 17.3 Å². The summed E-state index contributed by atoms with van der Waals surface area (Å²) >= 11 is 5.92. The van der Waals surface area contributed by atoms with Crippen molar-refractivity contribution in [3.8, 4) is 5.75 Å². The van der Waals surface area contributed by atoms with Crippen molar-refractivity contribution in [2.24, 2.45) is 0 Å². The standard InChI is InChI=1S/C19H22ClN3O3/c20-17-7-5-16(6-8-17)15-22-11-9-21(10-12-22)13-14-26-19-4-2-1-3-18(19)23(24)25/h1-8H,9-15H2. The van der Waals surface area contributed by atoms with Crippen molar-refractivity contribution in [1.82, 2.24) is 9.80 Å². The van der Waals surface area contributed by atoms with Crippen LogP contribution in [-0.2, 0) is 6.54 Å². The maximum atomic E-state index is 11.0. The zero-order valence-corrected chi connectivity index (χ0v) is 15.3. The molecule has 0 atom stereocenters. The normalized spacial score (nSPS) is 15.7. The molecule has 138 valence electrons. The number of para-hydroxylation sites is 2. The van der Waals surface area contributed by atoms with E-state index in [0.717, 1.165) is 44.3 Å². The van der Waals surface area contributed by atoms with Gasteiger partial charge in [0.1, 0.15) is 6.61 Å². The number of rotatable bonds is 7. The van der Waals surface area contributed by atoms with Crippen LogP contribution in [-0.4, -0.2) is 54.1 Å². The second-order valence-corrected chi connectivity index (χ2v) is 6.75. The summed E-state index contributed by atoms with van der Waals surface area (Å²) in [6.07, 6.45) is 0. The van der Waals surface area contributed by atoms with Gasteiger partial charge in [-0.2, -0.15) is 0 Å². The van der Waals surface area contributed by atoms with Crippen LogP contribution in [0.3, 0.4) is 0 Å². The van der Waals surface area contributed by atoms with Crippen LogP contribution in [0.25, 0.3) is 0 Å². The van der Waals surface area contributed by atoms with Gasteiger partial charge in [0.2, 0.25) is 0 Å². The third-order valence-electron chi connectivity index (χ3n) is 4.51. The first-order valence-corrected chi connectivity index (χ1v) is 9.05. The van der Waals surface area contributed by atoms with Crippen LogP contribution in [0.15, 0.2) is 48.5 Å². The molecular weight excluding hydrogens is 354 g/mol. The van der Waals surface area contributed by atoms with Crippen molar-refractivity contribution < 1.29 is 9.66 Å². The second kappa shape index (κ2) is 8.98. The molecule has 0 aliphatic carbocycles. The molecule has 0 bridgehead atoms. The number of nitro groups is 1. The molecule has 0 aromatic heterocycles. The van der Waals surface area contributed by atoms with E-state index in [1.807, 2.05) is 12.1 Å². The molecule has 26 heavy (non-hydrogen) atoms. The summed E-state index contributed by atoms with van der Waals surface area (Å²) in [5.41, 5.74) is 1.28. The second-order valence-electron chi connectivity index (χ2n) is 6.32. The van der Waals surface area contributed by atoms with E-state index in [-0.39, 0.29) is 5.69 Å². The molecule has 1 aliphatic rings. The number of piperazine rings is 1. The molecule has 6 nitrogen and oxygen atoms in total. The van der Waals surface area contributed by atoms with E-state index in [1.165, 1.54) is 11.6 Å². The summed E-state index contributed by atoms with van der Waals surface area (Å²) in [5, 5.41) is 11.8. The van der Waals surface area contributed by atoms with Crippen molar-refractivity contribution in [3.63, 3.8) is 0 Å². The van der Waals surface area contributed by atoms with E-state index in [9.17, 15) is 10.1 Å². The fourth-order valence-corrected chi connectivity index (χ4v) is 3.16. The van der Waals surface area contributed by atoms with Gasteiger partial charge >= 0.3 is 5.69 Å². The predicted molar refractivity (Wildman–Crippen MR) is 102 cm³/mol. The maximum Gasteiger partial charge on any atom is 0.310 e. The highest BCUT2D eigenvalue weighted by atomic mass is 35.5. The molecule has 0 spiro atoms. The van der Waals surface area contributed by atoms with Crippen molar-refractivity contribution in [2.45, 2.75) is 6.54 Å². The first kappa shape index (κ1) is 18.6. The third kappa shape index (κ3) is 5.17. The fraction of sp³-hybridized carbons (Fsp3) is 0.368. The van der Waals surface area contributed by atoms with E-state index in [0.29, 0.717) is 12.4 Å². The number of nitro benzene ring substituents is 1. The molecule has 2 aromatic carbocycles. The van der Waals surface area contributed by atoms with Crippen molar-refractivity contribution in [1.29, 1.82) is 0 Å². The van der Waals surface area contributed by atoms with Crippen molar-refractivity contribution in [3.05, 3.63) is 69.2 Å². The molecule has 1 fully saturated rings. The Labute approximate surface area is 158 Å². The minimum Gasteiger partial charge on any atom is -0.485 e. The van der Waals surface area contributed by atoms with Crippen LogP contribution in [0.2, 0.25) is 5.02 Å². The molecule has 0 radical (unpaired) electrons. The van der Waals surface area contributed by atoms with Gasteiger partial charge in [0.05, 0.1) is 4.92 Å². The lowest BCUT2D eigenvalue weighted by atomic mass is 10.2. The molecule has 0 saturated carbocycles. The van der Waals surface area contributed by atoms with E-state index >= 15 is 0 Å². The van der Waals surface area contributed by atoms with Crippen LogP contribution in [0.1, 0.15) is 5.56 Å². The Morgan fingerprint density at radius 3 is 2.35 bits per heavy atom. The molecule has 3 rings (SSSR count). The summed E-state index contributed by atoms with van der Waals surface area (Å²) in [6, 6.07) is 14.5. The number of benzene rings is 2. The van der Waals surface area contributed by atoms with Crippen LogP contribution in [0.4, 0.5) is 5.69 Å². The summed E-state index contributed by atoms with van der Waals surface area (Å²) in [4.78, 5) is 15.3. The highest BCUT2D eigenvalue weighted by Gasteiger charge is 2.18. The number of hydrogen-bond donors (Lipinski definition) is 0. The molecule has 0 amide bonds. The van der Waals surface area contributed by atoms with E-state index in [1.54, 1.807) is 18.2 Å². The van der Waals surface area contributed by atoms with Gasteiger partial charge in [-0.3, -0.25) is 19.9 Å². The summed E-state index contributed by atoms with van der Waals surface area (Å²) in [5.74, 6) is 0.332. The quantitative estimate of drug-likeness (QED) is 0.548. The lowest BCUT2D eigenvalue weighted by molar-refractivity contribution is -0.385. The topological polar surface area (TPSA) is 58.9 Å². The maximum absolute atomic E-state index is 11.0. The number of hydrogen-bond acceptors (Lipinski definition) is 5. The van der Waals surface area contributed by atoms with Gasteiger partial charge in [0, 0.05) is 50.4 Å². The summed E-state index contributed by atoms with van der Waals surface area (Å²) in [7, 11) is 0. The Morgan fingerprint density at radius 2 is 1.65 bits per heavy atom. The third-order valence-corrected chi connectivity index (χ3v) is 4.76. The molecule has 1 heterocycles. The Bertz CT molecular complexity index is 731. The van der Waals surface area contributed by atoms with Gasteiger partial charge in [-0.1, -0.05) is 35.9 Å². The largest absolute Gasteiger partial charge is 0.485 e. The average Bonchev–Trinajstić information content (AvgIpc) is 2.65. The van der Waals surface area contributed by atoms with Crippen molar-refractivity contribution in [2.75, 3.05) is 39.3 Å². The Hall–Kier alpha value is -2.15. The predicted octanol–water partition coefficient (Wildman–Crippen LogP) is 3.44. The summed E-state index contributed by atoms with van der Waals surface area (Å²) < 4.78 is 5.63. The minimum absolute atomic E-state index is 0.0142. The zero-order valence-electron chi connectivity index (χ0n) is 14.5. The average molecular weight is 376 g/mol. The Morgan fingerprint density at radius 1 is 1.00 bits per heavy atom. The number of ether oxygens (including phenoxy) is 1. The van der Waals surface area contributed by atoms with Crippen LogP contribution in [0, 0.1) is 10.1 Å². The first-order chi connectivity index (χ1) is 12.6. The van der Waals surface area contributed by atoms with Gasteiger partial charge in [0.25, 0.3) is 0 Å². The Kier molecular flexibility index (Phi) is 6.44. The van der Waals surface area contributed by atoms with Gasteiger partial charge in [-0.25, -0.2) is 0 Å². The fourth-order valence-electron chi connectivity index (χ4n) is 3.03. The lowest BCUT2D eigenvalue weighted by Crippen LogP contribution is -2.47. The van der Waals surface area contributed by atoms with Gasteiger partial charge in [-0.05, 0) is 23.8 Å². The highest BCUT2D eigenvalue weighted by Crippen LogP contribution is 2.25. The molecule has 2 aromatic rings. The lowest BCUT2D eigenvalue weighted by Gasteiger charge is -2.34. The number of nitrogens with zero attached hydrogens (tertiary/aromatic N) is 3. The molecule has 0 N–H and O–H groups in total. The SMILES string of the molecule is O=[N+]([O-])c1ccccc1OCCN1CCN(Cc2ccc(Cl)cc2)CC1. The van der Waals surface area contributed by atoms with Crippen LogP contribution >= 0.6 is 11.6 Å². The van der Waals surface area contributed by atoms with Gasteiger partial charge in [-0.15, -0.1) is 0 Å². The van der Waals surface area contributed by atoms with E-state index in [4.69, 9.17) is 16.3 Å². The zero-order chi connectivity index (χ0) is 18.4. The van der Waals surface area contributed by atoms with Crippen LogP contribution < -0.4 is 4.74 Å². The van der Waals surface area contributed by atoms with E-state index < -0.39 is 4.92 Å². The van der Waals surface area contributed by atoms with E-state index in [2.05, 4.69) is 21.9 Å². The smallest absolute Gasteiger partial charge is 0.310 e. The number of halogens is 1. The molecule has 1 aliphatic heterocycles. The van der Waals surface area contributed by atoms with Gasteiger partial charge in [0.15, 0.2) is 5.75 Å². The Balaban J connectivity index is 1.40. The summed E-state index contributed by atoms with van der Waals surface area (Å²) in [6.45, 7) is 6.06. The van der Waals surface area contributed by atoms with Gasteiger partial charge < -0.3 is 4.74 Å². The first-order valence-electron chi connectivity index (χ1n) is 8.67. The van der Waals surface area contributed by atoms with Crippen LogP contribution in [0.5, 0.6) is 5.75 Å². The molecular formula is C19H22ClN3O3. The highest BCUT2D eigenvalue weighted by molar-refractivity contribution is 6.30. The monoisotopic (exact) mass is 375 g/mol. The minimum atomic E-state index is -0.412. The molecule has 0 unspecified atom stereocenters.